The van der Waals surface area contributed by atoms with Gasteiger partial charge < -0.3 is 21.4 Å². The zero-order chi connectivity index (χ0) is 19.3. The molecule has 0 radical (unpaired) electrons. The second kappa shape index (κ2) is 8.11. The molecule has 0 atom stereocenters. The number of pyridine rings is 1. The minimum Gasteiger partial charge on any atom is -0.496 e. The molecule has 0 spiro atoms. The predicted octanol–water partition coefficient (Wildman–Crippen LogP) is 2.18. The van der Waals surface area contributed by atoms with Gasteiger partial charge in [-0.25, -0.2) is 9.78 Å². The Balaban J connectivity index is 2.51. The number of ether oxygens (including phenoxy) is 1. The summed E-state index contributed by atoms with van der Waals surface area (Å²) in [6.45, 7) is 3.86. The van der Waals surface area contributed by atoms with Crippen molar-refractivity contribution < 1.29 is 14.6 Å². The van der Waals surface area contributed by atoms with Gasteiger partial charge in [0, 0.05) is 29.6 Å². The number of carboxylic acid groups (broad SMARTS) is 1. The standard InChI is InChI=1S/C18H21N5O3/c1-10(2)21-9-15(23-20)14-6-12(8-22-17(14)19)11-4-5-13(18(24)25)16(7-11)26-3/h4-10H,20H2,1-3H3,(H2,19,22)(H,24,25). The van der Waals surface area contributed by atoms with Crippen LogP contribution >= 0.6 is 0 Å². The first kappa shape index (κ1) is 18.9. The van der Waals surface area contributed by atoms with Crippen molar-refractivity contribution in [3.8, 4) is 16.9 Å². The highest BCUT2D eigenvalue weighted by atomic mass is 16.5. The first-order valence-electron chi connectivity index (χ1n) is 7.86. The number of aliphatic imine (C=N–C) groups is 1. The summed E-state index contributed by atoms with van der Waals surface area (Å²) in [7, 11) is 1.42. The lowest BCUT2D eigenvalue weighted by molar-refractivity contribution is 0.0693. The van der Waals surface area contributed by atoms with Crippen molar-refractivity contribution in [1.82, 2.24) is 4.98 Å². The summed E-state index contributed by atoms with van der Waals surface area (Å²) < 4.78 is 5.17. The molecule has 26 heavy (non-hydrogen) atoms. The van der Waals surface area contributed by atoms with Crippen molar-refractivity contribution in [3.63, 3.8) is 0 Å². The van der Waals surface area contributed by atoms with Gasteiger partial charge in [0.25, 0.3) is 0 Å². The number of nitrogens with zero attached hydrogens (tertiary/aromatic N) is 3. The largest absolute Gasteiger partial charge is 0.496 e. The first-order chi connectivity index (χ1) is 12.4. The monoisotopic (exact) mass is 355 g/mol. The molecular weight excluding hydrogens is 334 g/mol. The Morgan fingerprint density at radius 2 is 2.00 bits per heavy atom. The number of hydrogen-bond acceptors (Lipinski definition) is 7. The molecule has 8 heteroatoms. The number of nitrogen functional groups attached to an aromatic ring is 1. The molecule has 2 aromatic rings. The first-order valence-corrected chi connectivity index (χ1v) is 7.86. The third-order valence-corrected chi connectivity index (χ3v) is 3.59. The van der Waals surface area contributed by atoms with E-state index < -0.39 is 5.97 Å². The summed E-state index contributed by atoms with van der Waals surface area (Å²) in [5, 5.41) is 12.9. The van der Waals surface area contributed by atoms with Gasteiger partial charge in [-0.15, -0.1) is 0 Å². The van der Waals surface area contributed by atoms with E-state index in [0.717, 1.165) is 5.56 Å². The van der Waals surface area contributed by atoms with Crippen molar-refractivity contribution in [2.75, 3.05) is 12.8 Å². The Morgan fingerprint density at radius 3 is 2.58 bits per heavy atom. The number of aromatic nitrogens is 1. The van der Waals surface area contributed by atoms with E-state index in [0.29, 0.717) is 16.8 Å². The lowest BCUT2D eigenvalue weighted by Crippen LogP contribution is -2.11. The summed E-state index contributed by atoms with van der Waals surface area (Å²) in [4.78, 5) is 19.7. The number of benzene rings is 1. The Labute approximate surface area is 151 Å². The van der Waals surface area contributed by atoms with Gasteiger partial charge >= 0.3 is 5.97 Å². The van der Waals surface area contributed by atoms with Gasteiger partial charge in [-0.2, -0.15) is 5.10 Å². The van der Waals surface area contributed by atoms with Crippen molar-refractivity contribution >= 4 is 23.7 Å². The van der Waals surface area contributed by atoms with E-state index in [1.165, 1.54) is 13.2 Å². The molecule has 0 saturated heterocycles. The predicted molar refractivity (Wildman–Crippen MR) is 102 cm³/mol. The average molecular weight is 355 g/mol. The van der Waals surface area contributed by atoms with Crippen LogP contribution in [0, 0.1) is 0 Å². The van der Waals surface area contributed by atoms with Crippen molar-refractivity contribution in [1.29, 1.82) is 0 Å². The molecule has 0 saturated carbocycles. The molecule has 5 N–H and O–H groups in total. The van der Waals surface area contributed by atoms with Gasteiger partial charge in [0.1, 0.15) is 22.8 Å². The zero-order valence-electron chi connectivity index (χ0n) is 14.8. The summed E-state index contributed by atoms with van der Waals surface area (Å²) in [5.74, 6) is 4.93. The molecule has 0 amide bonds. The van der Waals surface area contributed by atoms with E-state index in [9.17, 15) is 9.90 Å². The SMILES string of the molecule is COc1cc(-c2cnc(N)c(C(C=NC(C)C)=NN)c2)ccc1C(=O)O. The number of aromatic carboxylic acids is 1. The van der Waals surface area contributed by atoms with Gasteiger partial charge in [0.05, 0.1) is 7.11 Å². The van der Waals surface area contributed by atoms with E-state index >= 15 is 0 Å². The quantitative estimate of drug-likeness (QED) is 0.413. The van der Waals surface area contributed by atoms with Crippen LogP contribution < -0.4 is 16.3 Å². The van der Waals surface area contributed by atoms with Gasteiger partial charge in [-0.05, 0) is 37.6 Å². The number of hydrazone groups is 1. The van der Waals surface area contributed by atoms with Gasteiger partial charge in [0.2, 0.25) is 0 Å². The average Bonchev–Trinajstić information content (AvgIpc) is 2.62. The number of hydrogen-bond donors (Lipinski definition) is 3. The maximum Gasteiger partial charge on any atom is 0.339 e. The van der Waals surface area contributed by atoms with Gasteiger partial charge in [0.15, 0.2) is 0 Å². The highest BCUT2D eigenvalue weighted by Gasteiger charge is 2.14. The summed E-state index contributed by atoms with van der Waals surface area (Å²) in [6.07, 6.45) is 3.14. The molecule has 0 fully saturated rings. The van der Waals surface area contributed by atoms with Crippen molar-refractivity contribution in [3.05, 3.63) is 41.6 Å². The second-order valence-corrected chi connectivity index (χ2v) is 5.76. The maximum atomic E-state index is 11.2. The molecule has 0 unspecified atom stereocenters. The number of methoxy groups -OCH3 is 1. The third kappa shape index (κ3) is 4.15. The normalized spacial score (nSPS) is 11.9. The molecule has 0 aliphatic rings. The third-order valence-electron chi connectivity index (χ3n) is 3.59. The fourth-order valence-corrected chi connectivity index (χ4v) is 2.28. The molecule has 1 heterocycles. The van der Waals surface area contributed by atoms with E-state index in [1.807, 2.05) is 13.8 Å². The molecule has 8 nitrogen and oxygen atoms in total. The number of carbonyl (C=O) groups is 1. The highest BCUT2D eigenvalue weighted by Crippen LogP contribution is 2.28. The lowest BCUT2D eigenvalue weighted by Gasteiger charge is -2.10. The Bertz CT molecular complexity index is 875. The van der Waals surface area contributed by atoms with Crippen LogP contribution in [0.25, 0.3) is 11.1 Å². The van der Waals surface area contributed by atoms with E-state index in [2.05, 4.69) is 15.1 Å². The fourth-order valence-electron chi connectivity index (χ4n) is 2.28. The highest BCUT2D eigenvalue weighted by molar-refractivity contribution is 6.39. The summed E-state index contributed by atoms with van der Waals surface area (Å²) in [6, 6.07) is 6.63. The minimum atomic E-state index is -1.06. The maximum absolute atomic E-state index is 11.2. The summed E-state index contributed by atoms with van der Waals surface area (Å²) >= 11 is 0. The molecular formula is C18H21N5O3. The molecule has 0 aliphatic carbocycles. The fraction of sp³-hybridized carbons (Fsp3) is 0.222. The van der Waals surface area contributed by atoms with Crippen LogP contribution in [0.4, 0.5) is 5.82 Å². The van der Waals surface area contributed by atoms with Crippen LogP contribution in [0.2, 0.25) is 0 Å². The van der Waals surface area contributed by atoms with Crippen LogP contribution in [-0.2, 0) is 0 Å². The van der Waals surface area contributed by atoms with Crippen LogP contribution in [0.5, 0.6) is 5.75 Å². The lowest BCUT2D eigenvalue weighted by atomic mass is 10.0. The van der Waals surface area contributed by atoms with Gasteiger partial charge in [-0.3, -0.25) is 4.99 Å². The number of carboxylic acids is 1. The smallest absolute Gasteiger partial charge is 0.339 e. The topological polar surface area (TPSA) is 136 Å². The Kier molecular flexibility index (Phi) is 5.90. The van der Waals surface area contributed by atoms with Crippen LogP contribution in [0.15, 0.2) is 40.6 Å². The van der Waals surface area contributed by atoms with Crippen LogP contribution in [0.1, 0.15) is 29.8 Å². The number of anilines is 1. The number of nitrogens with two attached hydrogens (primary N) is 2. The zero-order valence-corrected chi connectivity index (χ0v) is 14.8. The Hall–Kier alpha value is -3.42. The molecule has 1 aromatic carbocycles. The molecule has 2 rings (SSSR count). The Morgan fingerprint density at radius 1 is 1.27 bits per heavy atom. The molecule has 136 valence electrons. The molecule has 0 bridgehead atoms. The second-order valence-electron chi connectivity index (χ2n) is 5.76. The van der Waals surface area contributed by atoms with Crippen molar-refractivity contribution in [2.24, 2.45) is 15.9 Å². The summed E-state index contributed by atoms with van der Waals surface area (Å²) in [5.41, 5.74) is 8.41. The van der Waals surface area contributed by atoms with Gasteiger partial charge in [-0.1, -0.05) is 6.07 Å². The molecule has 1 aromatic heterocycles. The van der Waals surface area contributed by atoms with E-state index in [1.54, 1.807) is 30.6 Å². The van der Waals surface area contributed by atoms with Crippen LogP contribution in [-0.4, -0.2) is 41.1 Å². The van der Waals surface area contributed by atoms with Crippen molar-refractivity contribution in [2.45, 2.75) is 19.9 Å². The minimum absolute atomic E-state index is 0.0770. The number of rotatable bonds is 6. The van der Waals surface area contributed by atoms with Crippen LogP contribution in [0.3, 0.4) is 0 Å². The van der Waals surface area contributed by atoms with E-state index in [-0.39, 0.29) is 23.2 Å². The van der Waals surface area contributed by atoms with E-state index in [4.69, 9.17) is 16.3 Å². The molecule has 0 aliphatic heterocycles.